The molecule has 2 aromatic carbocycles. The van der Waals surface area contributed by atoms with Crippen LogP contribution in [0.1, 0.15) is 18.4 Å². The summed E-state index contributed by atoms with van der Waals surface area (Å²) in [6.45, 7) is 0. The van der Waals surface area contributed by atoms with Crippen LogP contribution >= 0.6 is 0 Å². The number of hydrogen-bond donors (Lipinski definition) is 2. The lowest BCUT2D eigenvalue weighted by atomic mass is 10.2. The molecule has 0 radical (unpaired) electrons. The Bertz CT molecular complexity index is 996. The van der Waals surface area contributed by atoms with Crippen LogP contribution in [0.3, 0.4) is 0 Å². The van der Waals surface area contributed by atoms with Crippen LogP contribution in [0, 0.1) is 10.1 Å². The minimum atomic E-state index is -3.60. The number of nitro benzene ring substituents is 1. The van der Waals surface area contributed by atoms with Crippen molar-refractivity contribution in [2.75, 3.05) is 5.32 Å². The fraction of sp³-hybridized carbons (Fsp3) is 0.167. The molecule has 0 unspecified atom stereocenters. The van der Waals surface area contributed by atoms with E-state index in [1.807, 2.05) is 0 Å². The van der Waals surface area contributed by atoms with Gasteiger partial charge in [0, 0.05) is 29.9 Å². The van der Waals surface area contributed by atoms with Crippen LogP contribution in [0.15, 0.2) is 59.5 Å². The summed E-state index contributed by atoms with van der Waals surface area (Å²) in [5.41, 5.74) is 0.946. The van der Waals surface area contributed by atoms with Gasteiger partial charge in [-0.25, -0.2) is 13.1 Å². The summed E-state index contributed by atoms with van der Waals surface area (Å²) in [6.07, 6.45) is 4.45. The molecule has 140 valence electrons. The van der Waals surface area contributed by atoms with E-state index >= 15 is 0 Å². The highest BCUT2D eigenvalue weighted by atomic mass is 32.2. The SMILES string of the molecule is O=C(/C=C/c1ccc([N+](=O)[O-])cc1)Nc1cccc(S(=O)(=O)NC2CC2)c1. The molecular weight excluding hydrogens is 370 g/mol. The average molecular weight is 387 g/mol. The highest BCUT2D eigenvalue weighted by Crippen LogP contribution is 2.23. The third-order valence-electron chi connectivity index (χ3n) is 3.84. The van der Waals surface area contributed by atoms with Gasteiger partial charge in [0.2, 0.25) is 15.9 Å². The predicted octanol–water partition coefficient (Wildman–Crippen LogP) is 2.69. The normalized spacial score (nSPS) is 14.2. The Hall–Kier alpha value is -3.04. The van der Waals surface area contributed by atoms with Gasteiger partial charge in [0.15, 0.2) is 0 Å². The zero-order valence-electron chi connectivity index (χ0n) is 14.2. The zero-order chi connectivity index (χ0) is 19.4. The Morgan fingerprint density at radius 3 is 2.48 bits per heavy atom. The molecule has 1 saturated carbocycles. The molecule has 0 aromatic heterocycles. The van der Waals surface area contributed by atoms with Gasteiger partial charge in [-0.3, -0.25) is 14.9 Å². The van der Waals surface area contributed by atoms with E-state index in [0.717, 1.165) is 12.8 Å². The predicted molar refractivity (Wildman–Crippen MR) is 101 cm³/mol. The zero-order valence-corrected chi connectivity index (χ0v) is 15.0. The van der Waals surface area contributed by atoms with E-state index in [0.29, 0.717) is 11.3 Å². The minimum absolute atomic E-state index is 0.00197. The Morgan fingerprint density at radius 2 is 1.85 bits per heavy atom. The summed E-state index contributed by atoms with van der Waals surface area (Å²) in [7, 11) is -3.60. The van der Waals surface area contributed by atoms with Crippen LogP contribution in [0.4, 0.5) is 11.4 Å². The number of non-ortho nitro benzene ring substituents is 1. The largest absolute Gasteiger partial charge is 0.322 e. The van der Waals surface area contributed by atoms with Crippen molar-refractivity contribution in [3.63, 3.8) is 0 Å². The van der Waals surface area contributed by atoms with E-state index in [2.05, 4.69) is 10.0 Å². The number of nitro groups is 1. The van der Waals surface area contributed by atoms with Crippen LogP contribution in [-0.4, -0.2) is 25.3 Å². The molecule has 0 heterocycles. The molecule has 0 saturated heterocycles. The highest BCUT2D eigenvalue weighted by molar-refractivity contribution is 7.89. The Morgan fingerprint density at radius 1 is 1.15 bits per heavy atom. The molecular formula is C18H17N3O5S. The lowest BCUT2D eigenvalue weighted by Gasteiger charge is -2.08. The van der Waals surface area contributed by atoms with E-state index in [4.69, 9.17) is 0 Å². The third kappa shape index (κ3) is 5.22. The van der Waals surface area contributed by atoms with Crippen molar-refractivity contribution in [1.82, 2.24) is 4.72 Å². The van der Waals surface area contributed by atoms with Crippen molar-refractivity contribution >= 4 is 33.4 Å². The summed E-state index contributed by atoms with van der Waals surface area (Å²) in [4.78, 5) is 22.2. The maximum atomic E-state index is 12.2. The van der Waals surface area contributed by atoms with Gasteiger partial charge in [0.1, 0.15) is 0 Å². The van der Waals surface area contributed by atoms with Crippen LogP contribution < -0.4 is 10.0 Å². The lowest BCUT2D eigenvalue weighted by molar-refractivity contribution is -0.384. The lowest BCUT2D eigenvalue weighted by Crippen LogP contribution is -2.25. The van der Waals surface area contributed by atoms with E-state index in [1.165, 1.54) is 48.6 Å². The molecule has 0 spiro atoms. The van der Waals surface area contributed by atoms with E-state index < -0.39 is 20.9 Å². The van der Waals surface area contributed by atoms with Crippen LogP contribution in [0.25, 0.3) is 6.08 Å². The summed E-state index contributed by atoms with van der Waals surface area (Å²) < 4.78 is 27.0. The third-order valence-corrected chi connectivity index (χ3v) is 5.36. The second kappa shape index (κ2) is 7.68. The molecule has 0 aliphatic heterocycles. The molecule has 2 aromatic rings. The van der Waals surface area contributed by atoms with Crippen molar-refractivity contribution in [1.29, 1.82) is 0 Å². The molecule has 1 aliphatic carbocycles. The number of nitrogens with one attached hydrogen (secondary N) is 2. The number of nitrogens with zero attached hydrogens (tertiary/aromatic N) is 1. The number of amides is 1. The molecule has 0 atom stereocenters. The Kier molecular flexibility index (Phi) is 5.33. The molecule has 0 bridgehead atoms. The first-order valence-electron chi connectivity index (χ1n) is 8.19. The van der Waals surface area contributed by atoms with E-state index in [-0.39, 0.29) is 16.6 Å². The number of sulfonamides is 1. The molecule has 9 heteroatoms. The van der Waals surface area contributed by atoms with Gasteiger partial charge in [0.25, 0.3) is 5.69 Å². The van der Waals surface area contributed by atoms with Gasteiger partial charge in [-0.1, -0.05) is 6.07 Å². The number of carbonyl (C=O) groups is 1. The van der Waals surface area contributed by atoms with Crippen molar-refractivity contribution in [3.05, 3.63) is 70.3 Å². The second-order valence-corrected chi connectivity index (χ2v) is 7.81. The van der Waals surface area contributed by atoms with Gasteiger partial charge in [-0.15, -0.1) is 0 Å². The first-order chi connectivity index (χ1) is 12.8. The summed E-state index contributed by atoms with van der Waals surface area (Å²) in [5, 5.41) is 13.2. The quantitative estimate of drug-likeness (QED) is 0.430. The van der Waals surface area contributed by atoms with Gasteiger partial charge in [0.05, 0.1) is 9.82 Å². The summed E-state index contributed by atoms with van der Waals surface area (Å²) >= 11 is 0. The van der Waals surface area contributed by atoms with E-state index in [1.54, 1.807) is 12.1 Å². The molecule has 27 heavy (non-hydrogen) atoms. The Labute approximate surface area is 156 Å². The van der Waals surface area contributed by atoms with Gasteiger partial charge in [-0.05, 0) is 54.8 Å². The average Bonchev–Trinajstić information content (AvgIpc) is 3.44. The number of benzene rings is 2. The molecule has 1 fully saturated rings. The van der Waals surface area contributed by atoms with Crippen molar-refractivity contribution in [3.8, 4) is 0 Å². The van der Waals surface area contributed by atoms with Crippen LogP contribution in [0.5, 0.6) is 0 Å². The van der Waals surface area contributed by atoms with Crippen molar-refractivity contribution < 1.29 is 18.1 Å². The highest BCUT2D eigenvalue weighted by Gasteiger charge is 2.28. The number of carbonyl (C=O) groups excluding carboxylic acids is 1. The second-order valence-electron chi connectivity index (χ2n) is 6.09. The first-order valence-corrected chi connectivity index (χ1v) is 9.68. The molecule has 3 rings (SSSR count). The van der Waals surface area contributed by atoms with Crippen molar-refractivity contribution in [2.45, 2.75) is 23.8 Å². The maximum absolute atomic E-state index is 12.2. The van der Waals surface area contributed by atoms with Crippen LogP contribution in [-0.2, 0) is 14.8 Å². The minimum Gasteiger partial charge on any atom is -0.322 e. The van der Waals surface area contributed by atoms with Gasteiger partial charge in [-0.2, -0.15) is 0 Å². The fourth-order valence-corrected chi connectivity index (χ4v) is 3.64. The fourth-order valence-electron chi connectivity index (χ4n) is 2.29. The molecule has 8 nitrogen and oxygen atoms in total. The molecule has 2 N–H and O–H groups in total. The van der Waals surface area contributed by atoms with Gasteiger partial charge >= 0.3 is 0 Å². The first kappa shape index (κ1) is 18.7. The summed E-state index contributed by atoms with van der Waals surface area (Å²) in [5.74, 6) is -0.446. The topological polar surface area (TPSA) is 118 Å². The Balaban J connectivity index is 1.65. The maximum Gasteiger partial charge on any atom is 0.269 e. The number of hydrogen-bond acceptors (Lipinski definition) is 5. The molecule has 1 aliphatic rings. The van der Waals surface area contributed by atoms with E-state index in [9.17, 15) is 23.3 Å². The van der Waals surface area contributed by atoms with Crippen molar-refractivity contribution in [2.24, 2.45) is 0 Å². The van der Waals surface area contributed by atoms with Crippen LogP contribution in [0.2, 0.25) is 0 Å². The number of anilines is 1. The molecule has 1 amide bonds. The smallest absolute Gasteiger partial charge is 0.269 e. The number of rotatable bonds is 7. The summed E-state index contributed by atoms with van der Waals surface area (Å²) in [6, 6.07) is 11.7. The monoisotopic (exact) mass is 387 g/mol. The van der Waals surface area contributed by atoms with Gasteiger partial charge < -0.3 is 5.32 Å². The standard InChI is InChI=1S/C18H17N3O5S/c22-18(11-6-13-4-9-16(10-5-13)21(23)24)19-15-2-1-3-17(12-15)27(25,26)20-14-7-8-14/h1-6,9-12,14,20H,7-8H2,(H,19,22)/b11-6+.